The maximum Gasteiger partial charge on any atom is 0.253 e. The third kappa shape index (κ3) is 3.77. The fraction of sp³-hybridized carbons (Fsp3) is 0.455. The molecule has 5 heteroatoms. The number of carbonyl (C=O) groups excluding carboxylic acids is 2. The van der Waals surface area contributed by atoms with Gasteiger partial charge in [-0.2, -0.15) is 0 Å². The molecular weight excluding hydrogens is 338 g/mol. The van der Waals surface area contributed by atoms with E-state index < -0.39 is 0 Å². The van der Waals surface area contributed by atoms with Crippen LogP contribution in [0.3, 0.4) is 0 Å². The van der Waals surface area contributed by atoms with Crippen LogP contribution < -0.4 is 5.32 Å². The Bertz CT molecular complexity index is 829. The maximum atomic E-state index is 12.9. The summed E-state index contributed by atoms with van der Waals surface area (Å²) in [6.45, 7) is 5.40. The first kappa shape index (κ1) is 17.8. The number of aromatic nitrogens is 1. The van der Waals surface area contributed by atoms with Crippen LogP contribution in [0.15, 0.2) is 36.4 Å². The molecule has 1 aromatic carbocycles. The molecule has 1 aromatic heterocycles. The van der Waals surface area contributed by atoms with Crippen LogP contribution in [0.4, 0.5) is 0 Å². The minimum absolute atomic E-state index is 0.0198. The molecule has 1 aliphatic carbocycles. The van der Waals surface area contributed by atoms with E-state index in [2.05, 4.69) is 35.9 Å². The van der Waals surface area contributed by atoms with Gasteiger partial charge in [0.2, 0.25) is 5.91 Å². The number of amides is 2. The van der Waals surface area contributed by atoms with E-state index in [0.717, 1.165) is 37.9 Å². The monoisotopic (exact) mass is 365 g/mol. The normalized spacial score (nSPS) is 19.8. The summed E-state index contributed by atoms with van der Waals surface area (Å²) in [5.74, 6) is 0.0584. The second-order valence-electron chi connectivity index (χ2n) is 7.87. The minimum atomic E-state index is -0.0762. The molecule has 4 rings (SSSR count). The molecule has 2 aromatic rings. The topological polar surface area (TPSA) is 54.3 Å². The molecule has 1 saturated carbocycles. The van der Waals surface area contributed by atoms with Crippen molar-refractivity contribution >= 4 is 11.8 Å². The number of nitrogens with zero attached hydrogens (tertiary/aromatic N) is 2. The zero-order valence-electron chi connectivity index (χ0n) is 16.1. The molecule has 1 aliphatic heterocycles. The van der Waals surface area contributed by atoms with E-state index in [4.69, 9.17) is 0 Å². The number of hydrogen-bond acceptors (Lipinski definition) is 2. The Morgan fingerprint density at radius 3 is 2.26 bits per heavy atom. The Labute approximate surface area is 160 Å². The van der Waals surface area contributed by atoms with Crippen molar-refractivity contribution in [2.75, 3.05) is 13.1 Å². The smallest absolute Gasteiger partial charge is 0.253 e. The number of aryl methyl sites for hydroxylation is 2. The van der Waals surface area contributed by atoms with Gasteiger partial charge in [0.05, 0.1) is 5.92 Å². The predicted octanol–water partition coefficient (Wildman–Crippen LogP) is 3.22. The van der Waals surface area contributed by atoms with Crippen LogP contribution in [0.5, 0.6) is 0 Å². The minimum Gasteiger partial charge on any atom is -0.353 e. The van der Waals surface area contributed by atoms with Gasteiger partial charge >= 0.3 is 0 Å². The van der Waals surface area contributed by atoms with E-state index in [-0.39, 0.29) is 17.7 Å². The molecule has 5 nitrogen and oxygen atoms in total. The molecule has 1 unspecified atom stereocenters. The number of piperidine rings is 1. The zero-order valence-corrected chi connectivity index (χ0v) is 16.1. The van der Waals surface area contributed by atoms with E-state index >= 15 is 0 Å². The third-order valence-electron chi connectivity index (χ3n) is 5.65. The van der Waals surface area contributed by atoms with E-state index in [1.165, 1.54) is 11.4 Å². The van der Waals surface area contributed by atoms with E-state index in [1.807, 2.05) is 29.2 Å². The lowest BCUT2D eigenvalue weighted by Gasteiger charge is -2.32. The molecular formula is C22H27N3O2. The lowest BCUT2D eigenvalue weighted by atomic mass is 9.96. The Hall–Kier alpha value is -2.56. The number of nitrogens with one attached hydrogen (secondary N) is 1. The third-order valence-corrected chi connectivity index (χ3v) is 5.65. The first-order valence-electron chi connectivity index (χ1n) is 9.88. The standard InChI is InChI=1S/C22H27N3O2/c1-15-5-6-16(2)25(15)20-11-7-17(8-12-20)22(27)24-13-3-4-18(14-24)21(26)23-19-9-10-19/h5-8,11-12,18-19H,3-4,9-10,13-14H2,1-2H3,(H,23,26). The van der Waals surface area contributed by atoms with Gasteiger partial charge in [-0.3, -0.25) is 9.59 Å². The first-order chi connectivity index (χ1) is 13.0. The SMILES string of the molecule is Cc1ccc(C)n1-c1ccc(C(=O)N2CCCC(C(=O)NC3CC3)C2)cc1. The van der Waals surface area contributed by atoms with Crippen molar-refractivity contribution in [2.24, 2.45) is 5.92 Å². The highest BCUT2D eigenvalue weighted by atomic mass is 16.2. The van der Waals surface area contributed by atoms with Crippen molar-refractivity contribution in [3.05, 3.63) is 53.3 Å². The van der Waals surface area contributed by atoms with Gasteiger partial charge in [0, 0.05) is 41.8 Å². The van der Waals surface area contributed by atoms with Gasteiger partial charge in [-0.25, -0.2) is 0 Å². The molecule has 1 saturated heterocycles. The molecule has 0 bridgehead atoms. The second-order valence-corrected chi connectivity index (χ2v) is 7.87. The fourth-order valence-electron chi connectivity index (χ4n) is 3.93. The summed E-state index contributed by atoms with van der Waals surface area (Å²) in [4.78, 5) is 27.1. The van der Waals surface area contributed by atoms with Crippen LogP contribution in [0.25, 0.3) is 5.69 Å². The van der Waals surface area contributed by atoms with Crippen molar-refractivity contribution in [1.82, 2.24) is 14.8 Å². The van der Waals surface area contributed by atoms with Crippen molar-refractivity contribution in [1.29, 1.82) is 0 Å². The predicted molar refractivity (Wildman–Crippen MR) is 105 cm³/mol. The van der Waals surface area contributed by atoms with Gasteiger partial charge in [-0.05, 0) is 75.9 Å². The van der Waals surface area contributed by atoms with Crippen molar-refractivity contribution < 1.29 is 9.59 Å². The number of likely N-dealkylation sites (tertiary alicyclic amines) is 1. The highest BCUT2D eigenvalue weighted by Gasteiger charge is 2.32. The van der Waals surface area contributed by atoms with Gasteiger partial charge in [-0.1, -0.05) is 0 Å². The molecule has 142 valence electrons. The Balaban J connectivity index is 1.45. The molecule has 1 atom stereocenters. The maximum absolute atomic E-state index is 12.9. The summed E-state index contributed by atoms with van der Waals surface area (Å²) < 4.78 is 2.17. The molecule has 0 radical (unpaired) electrons. The summed E-state index contributed by atoms with van der Waals surface area (Å²) in [7, 11) is 0. The van der Waals surface area contributed by atoms with Crippen LogP contribution in [-0.2, 0) is 4.79 Å². The van der Waals surface area contributed by atoms with Gasteiger partial charge in [0.15, 0.2) is 0 Å². The van der Waals surface area contributed by atoms with Crippen LogP contribution in [-0.4, -0.2) is 40.4 Å². The molecule has 27 heavy (non-hydrogen) atoms. The highest BCUT2D eigenvalue weighted by molar-refractivity contribution is 5.95. The van der Waals surface area contributed by atoms with Crippen molar-refractivity contribution in [2.45, 2.75) is 45.6 Å². The highest BCUT2D eigenvalue weighted by Crippen LogP contribution is 2.23. The van der Waals surface area contributed by atoms with E-state index in [9.17, 15) is 9.59 Å². The lowest BCUT2D eigenvalue weighted by Crippen LogP contribution is -2.45. The Morgan fingerprint density at radius 2 is 1.63 bits per heavy atom. The van der Waals surface area contributed by atoms with Gasteiger partial charge in [-0.15, -0.1) is 0 Å². The summed E-state index contributed by atoms with van der Waals surface area (Å²) >= 11 is 0. The number of carbonyl (C=O) groups is 2. The Kier molecular flexibility index (Phi) is 4.77. The van der Waals surface area contributed by atoms with Gasteiger partial charge in [0.25, 0.3) is 5.91 Å². The summed E-state index contributed by atoms with van der Waals surface area (Å²) in [6.07, 6.45) is 3.93. The van der Waals surface area contributed by atoms with E-state index in [1.54, 1.807) is 0 Å². The van der Waals surface area contributed by atoms with Crippen LogP contribution in [0.2, 0.25) is 0 Å². The number of benzene rings is 1. The average Bonchev–Trinajstić information content (AvgIpc) is 3.44. The second kappa shape index (κ2) is 7.22. The van der Waals surface area contributed by atoms with Crippen LogP contribution in [0, 0.1) is 19.8 Å². The largest absolute Gasteiger partial charge is 0.353 e. The molecule has 2 fully saturated rings. The van der Waals surface area contributed by atoms with E-state index in [0.29, 0.717) is 18.2 Å². The number of hydrogen-bond donors (Lipinski definition) is 1. The first-order valence-corrected chi connectivity index (χ1v) is 9.88. The Morgan fingerprint density at radius 1 is 0.963 bits per heavy atom. The summed E-state index contributed by atoms with van der Waals surface area (Å²) in [5.41, 5.74) is 4.09. The zero-order chi connectivity index (χ0) is 19.0. The van der Waals surface area contributed by atoms with Gasteiger partial charge < -0.3 is 14.8 Å². The molecule has 0 spiro atoms. The number of rotatable bonds is 4. The summed E-state index contributed by atoms with van der Waals surface area (Å²) in [6, 6.07) is 12.3. The average molecular weight is 365 g/mol. The fourth-order valence-corrected chi connectivity index (χ4v) is 3.93. The summed E-state index contributed by atoms with van der Waals surface area (Å²) in [5, 5.41) is 3.08. The van der Waals surface area contributed by atoms with Gasteiger partial charge in [0.1, 0.15) is 0 Å². The lowest BCUT2D eigenvalue weighted by molar-refractivity contribution is -0.126. The van der Waals surface area contributed by atoms with Crippen molar-refractivity contribution in [3.63, 3.8) is 0 Å². The van der Waals surface area contributed by atoms with Crippen LogP contribution in [0.1, 0.15) is 47.4 Å². The molecule has 2 amide bonds. The van der Waals surface area contributed by atoms with Crippen molar-refractivity contribution in [3.8, 4) is 5.69 Å². The quantitative estimate of drug-likeness (QED) is 0.904. The van der Waals surface area contributed by atoms with Crippen LogP contribution >= 0.6 is 0 Å². The molecule has 1 N–H and O–H groups in total. The molecule has 2 heterocycles. The molecule has 2 aliphatic rings.